The number of hydrogen-bond donors (Lipinski definition) is 4. The predicted octanol–water partition coefficient (Wildman–Crippen LogP) is 4.67. The summed E-state index contributed by atoms with van der Waals surface area (Å²) in [7, 11) is 0. The van der Waals surface area contributed by atoms with E-state index >= 15 is 0 Å². The number of H-pyrrole nitrogens is 1. The molecular formula is C28H26BrN5O4. The molecular weight excluding hydrogens is 550 g/mol. The number of nitrogens with zero attached hydrogens (tertiary/aromatic N) is 1. The van der Waals surface area contributed by atoms with Crippen LogP contribution in [-0.4, -0.2) is 48.6 Å². The molecule has 9 nitrogen and oxygen atoms in total. The highest BCUT2D eigenvalue weighted by atomic mass is 79.9. The first kappa shape index (κ1) is 25.5. The Hall–Kier alpha value is -4.15. The van der Waals surface area contributed by atoms with Crippen molar-refractivity contribution in [2.45, 2.75) is 12.5 Å². The molecule has 194 valence electrons. The number of aromatic amines is 1. The van der Waals surface area contributed by atoms with Crippen molar-refractivity contribution in [2.24, 2.45) is 0 Å². The van der Waals surface area contributed by atoms with Crippen molar-refractivity contribution in [3.8, 4) is 0 Å². The van der Waals surface area contributed by atoms with Crippen LogP contribution in [0.3, 0.4) is 0 Å². The highest BCUT2D eigenvalue weighted by Gasteiger charge is 2.24. The van der Waals surface area contributed by atoms with Gasteiger partial charge in [0.2, 0.25) is 5.91 Å². The van der Waals surface area contributed by atoms with Crippen LogP contribution in [0.5, 0.6) is 0 Å². The van der Waals surface area contributed by atoms with E-state index in [4.69, 9.17) is 4.74 Å². The summed E-state index contributed by atoms with van der Waals surface area (Å²) in [6.07, 6.45) is 0.257. The Kier molecular flexibility index (Phi) is 7.71. The van der Waals surface area contributed by atoms with E-state index in [1.54, 1.807) is 41.3 Å². The molecule has 0 bridgehead atoms. The van der Waals surface area contributed by atoms with Gasteiger partial charge in [-0.3, -0.25) is 9.59 Å². The van der Waals surface area contributed by atoms with E-state index in [-0.39, 0.29) is 24.8 Å². The lowest BCUT2D eigenvalue weighted by Crippen LogP contribution is -2.47. The topological polar surface area (TPSA) is 116 Å². The summed E-state index contributed by atoms with van der Waals surface area (Å²) in [4.78, 5) is 43.3. The fourth-order valence-electron chi connectivity index (χ4n) is 4.31. The molecule has 5 rings (SSSR count). The SMILES string of the molecule is O=C(Nc1cccc(Br)c1)NC(Cc1cc2ccccc2[nH]1)C(=O)Nc1ccc(N2CCOCC2=O)cc1. The molecule has 1 atom stereocenters. The fourth-order valence-corrected chi connectivity index (χ4v) is 4.71. The molecule has 4 amide bonds. The lowest BCUT2D eigenvalue weighted by atomic mass is 10.1. The standard InChI is InChI=1S/C28H26BrN5O4/c29-19-5-3-6-21(15-19)32-28(37)33-25(16-22-14-18-4-1-2-7-24(18)30-22)27(36)31-20-8-10-23(11-9-20)34-12-13-38-17-26(34)35/h1-11,14-15,25,30H,12-13,16-17H2,(H,31,36)(H2,32,33,37). The van der Waals surface area contributed by atoms with Crippen LogP contribution in [0.4, 0.5) is 21.9 Å². The quantitative estimate of drug-likeness (QED) is 0.256. The van der Waals surface area contributed by atoms with Crippen LogP contribution in [0.2, 0.25) is 0 Å². The van der Waals surface area contributed by atoms with Gasteiger partial charge in [0.15, 0.2) is 0 Å². The number of carbonyl (C=O) groups excluding carboxylic acids is 3. The molecule has 4 N–H and O–H groups in total. The van der Waals surface area contributed by atoms with Gasteiger partial charge in [0.05, 0.1) is 6.61 Å². The number of amides is 4. The first-order chi connectivity index (χ1) is 18.4. The number of anilines is 3. The molecule has 38 heavy (non-hydrogen) atoms. The van der Waals surface area contributed by atoms with Crippen molar-refractivity contribution in [1.29, 1.82) is 0 Å². The number of para-hydroxylation sites is 1. The summed E-state index contributed by atoms with van der Waals surface area (Å²) in [6.45, 7) is 1.02. The molecule has 3 aromatic carbocycles. The largest absolute Gasteiger partial charge is 0.370 e. The first-order valence-corrected chi connectivity index (χ1v) is 12.9. The number of urea groups is 1. The van der Waals surface area contributed by atoms with Crippen molar-refractivity contribution >= 4 is 61.7 Å². The maximum Gasteiger partial charge on any atom is 0.319 e. The molecule has 0 aliphatic carbocycles. The number of hydrogen-bond acceptors (Lipinski definition) is 4. The van der Waals surface area contributed by atoms with Gasteiger partial charge in [-0.25, -0.2) is 4.79 Å². The number of fused-ring (bicyclic) bond motifs is 1. The van der Waals surface area contributed by atoms with Crippen molar-refractivity contribution in [3.05, 3.63) is 89.0 Å². The zero-order chi connectivity index (χ0) is 26.5. The highest BCUT2D eigenvalue weighted by Crippen LogP contribution is 2.21. The predicted molar refractivity (Wildman–Crippen MR) is 150 cm³/mol. The Labute approximate surface area is 227 Å². The maximum atomic E-state index is 13.4. The maximum absolute atomic E-state index is 13.4. The Bertz CT molecular complexity index is 1440. The number of halogens is 1. The summed E-state index contributed by atoms with van der Waals surface area (Å²) in [5.74, 6) is -0.477. The van der Waals surface area contributed by atoms with Gasteiger partial charge in [0, 0.05) is 45.7 Å². The van der Waals surface area contributed by atoms with Crippen molar-refractivity contribution in [1.82, 2.24) is 10.3 Å². The normalized spacial score (nSPS) is 14.2. The number of ether oxygens (including phenoxy) is 1. The lowest BCUT2D eigenvalue weighted by Gasteiger charge is -2.27. The Balaban J connectivity index is 1.31. The van der Waals surface area contributed by atoms with E-state index in [1.807, 2.05) is 42.5 Å². The Morgan fingerprint density at radius 3 is 2.55 bits per heavy atom. The van der Waals surface area contributed by atoms with E-state index in [0.717, 1.165) is 26.8 Å². The van der Waals surface area contributed by atoms with Crippen LogP contribution in [0.1, 0.15) is 5.69 Å². The lowest BCUT2D eigenvalue weighted by molar-refractivity contribution is -0.125. The highest BCUT2D eigenvalue weighted by molar-refractivity contribution is 9.10. The summed E-state index contributed by atoms with van der Waals surface area (Å²) >= 11 is 3.39. The molecule has 2 heterocycles. The number of nitrogens with one attached hydrogen (secondary N) is 4. The van der Waals surface area contributed by atoms with E-state index in [1.165, 1.54) is 0 Å². The van der Waals surface area contributed by atoms with Gasteiger partial charge in [0.25, 0.3) is 5.91 Å². The molecule has 1 fully saturated rings. The minimum atomic E-state index is -0.865. The molecule has 1 aliphatic rings. The van der Waals surface area contributed by atoms with Crippen LogP contribution in [0, 0.1) is 0 Å². The van der Waals surface area contributed by atoms with E-state index in [0.29, 0.717) is 24.5 Å². The summed E-state index contributed by atoms with van der Waals surface area (Å²) in [5, 5.41) is 9.48. The summed E-state index contributed by atoms with van der Waals surface area (Å²) < 4.78 is 6.01. The van der Waals surface area contributed by atoms with Gasteiger partial charge < -0.3 is 30.6 Å². The molecule has 0 saturated carbocycles. The Morgan fingerprint density at radius 1 is 0.974 bits per heavy atom. The van der Waals surface area contributed by atoms with Crippen molar-refractivity contribution < 1.29 is 19.1 Å². The molecule has 1 saturated heterocycles. The van der Waals surface area contributed by atoms with Gasteiger partial charge in [-0.1, -0.05) is 40.2 Å². The van der Waals surface area contributed by atoms with Crippen LogP contribution in [-0.2, 0) is 20.7 Å². The smallest absolute Gasteiger partial charge is 0.319 e. The van der Waals surface area contributed by atoms with Crippen molar-refractivity contribution in [2.75, 3.05) is 35.3 Å². The molecule has 0 spiro atoms. The van der Waals surface area contributed by atoms with Gasteiger partial charge in [0.1, 0.15) is 12.6 Å². The second kappa shape index (κ2) is 11.5. The van der Waals surface area contributed by atoms with E-state index < -0.39 is 12.1 Å². The minimum Gasteiger partial charge on any atom is -0.370 e. The number of morpholine rings is 1. The molecule has 1 unspecified atom stereocenters. The second-order valence-electron chi connectivity index (χ2n) is 8.88. The molecule has 0 radical (unpaired) electrons. The van der Waals surface area contributed by atoms with Gasteiger partial charge >= 0.3 is 6.03 Å². The molecule has 4 aromatic rings. The van der Waals surface area contributed by atoms with Crippen LogP contribution in [0.15, 0.2) is 83.3 Å². The fraction of sp³-hybridized carbons (Fsp3) is 0.179. The molecule has 1 aromatic heterocycles. The second-order valence-corrected chi connectivity index (χ2v) is 9.80. The molecule has 10 heteroatoms. The summed E-state index contributed by atoms with van der Waals surface area (Å²) in [6, 6.07) is 22.7. The third kappa shape index (κ3) is 6.21. The minimum absolute atomic E-state index is 0.0571. The Morgan fingerprint density at radius 2 is 1.79 bits per heavy atom. The van der Waals surface area contributed by atoms with Crippen LogP contribution in [0.25, 0.3) is 10.9 Å². The zero-order valence-corrected chi connectivity index (χ0v) is 22.0. The third-order valence-electron chi connectivity index (χ3n) is 6.15. The van der Waals surface area contributed by atoms with Gasteiger partial charge in [-0.05, 0) is 60.0 Å². The number of carbonyl (C=O) groups is 3. The zero-order valence-electron chi connectivity index (χ0n) is 20.4. The van der Waals surface area contributed by atoms with E-state index in [2.05, 4.69) is 36.9 Å². The van der Waals surface area contributed by atoms with E-state index in [9.17, 15) is 14.4 Å². The number of aromatic nitrogens is 1. The summed E-state index contributed by atoms with van der Waals surface area (Å²) in [5.41, 5.74) is 3.64. The first-order valence-electron chi connectivity index (χ1n) is 12.1. The molecule has 1 aliphatic heterocycles. The monoisotopic (exact) mass is 575 g/mol. The average Bonchev–Trinajstić information content (AvgIpc) is 3.32. The van der Waals surface area contributed by atoms with Crippen LogP contribution < -0.4 is 20.9 Å². The average molecular weight is 576 g/mol. The van der Waals surface area contributed by atoms with Crippen LogP contribution >= 0.6 is 15.9 Å². The number of rotatable bonds is 7. The number of benzene rings is 3. The van der Waals surface area contributed by atoms with Crippen molar-refractivity contribution in [3.63, 3.8) is 0 Å². The third-order valence-corrected chi connectivity index (χ3v) is 6.64. The van der Waals surface area contributed by atoms with Gasteiger partial charge in [-0.15, -0.1) is 0 Å². The van der Waals surface area contributed by atoms with Gasteiger partial charge in [-0.2, -0.15) is 0 Å².